The summed E-state index contributed by atoms with van der Waals surface area (Å²) in [6.07, 6.45) is 0. The van der Waals surface area contributed by atoms with Crippen LogP contribution in [-0.4, -0.2) is 36.4 Å². The normalized spacial score (nSPS) is 14.5. The largest absolute Gasteiger partial charge is 0.381 e. The van der Waals surface area contributed by atoms with E-state index >= 15 is 0 Å². The van der Waals surface area contributed by atoms with Gasteiger partial charge in [0.1, 0.15) is 5.82 Å². The van der Waals surface area contributed by atoms with Gasteiger partial charge in [0, 0.05) is 49.5 Å². The van der Waals surface area contributed by atoms with Gasteiger partial charge in [0.05, 0.1) is 5.39 Å². The van der Waals surface area contributed by atoms with Crippen molar-refractivity contribution < 1.29 is 4.39 Å². The lowest BCUT2D eigenvalue weighted by Gasteiger charge is -2.31. The van der Waals surface area contributed by atoms with Crippen LogP contribution in [0.3, 0.4) is 0 Å². The summed E-state index contributed by atoms with van der Waals surface area (Å²) in [6, 6.07) is 10.2. The predicted octanol–water partition coefficient (Wildman–Crippen LogP) is 2.74. The fourth-order valence-corrected chi connectivity index (χ4v) is 3.55. The average molecular weight is 388 g/mol. The first kappa shape index (κ1) is 17.8. The molecule has 140 valence electrons. The lowest BCUT2D eigenvalue weighted by atomic mass is 10.1. The van der Waals surface area contributed by atoms with Crippen molar-refractivity contribution >= 4 is 33.7 Å². The Kier molecular flexibility index (Phi) is 4.96. The van der Waals surface area contributed by atoms with Gasteiger partial charge in [0.15, 0.2) is 5.15 Å². The Hall–Kier alpha value is -2.64. The molecule has 6 nitrogen and oxygen atoms in total. The maximum absolute atomic E-state index is 13.8. The highest BCUT2D eigenvalue weighted by molar-refractivity contribution is 6.34. The number of benzene rings is 2. The highest BCUT2D eigenvalue weighted by Crippen LogP contribution is 2.25. The van der Waals surface area contributed by atoms with Gasteiger partial charge in [-0.1, -0.05) is 11.6 Å². The number of halogens is 2. The van der Waals surface area contributed by atoms with Crippen molar-refractivity contribution in [1.29, 1.82) is 0 Å². The molecule has 2 aromatic carbocycles. The summed E-state index contributed by atoms with van der Waals surface area (Å²) in [4.78, 5) is 14.1. The monoisotopic (exact) mass is 387 g/mol. The zero-order valence-corrected chi connectivity index (χ0v) is 15.3. The van der Waals surface area contributed by atoms with Crippen LogP contribution in [0, 0.1) is 5.82 Å². The number of aromatic amines is 1. The Morgan fingerprint density at radius 2 is 1.96 bits per heavy atom. The molecular formula is C19H19ClFN5O. The van der Waals surface area contributed by atoms with Gasteiger partial charge in [0.2, 0.25) is 0 Å². The number of aromatic nitrogens is 2. The number of hydrogen-bond acceptors (Lipinski definition) is 5. The molecule has 0 radical (unpaired) electrons. The number of piperazine rings is 1. The lowest BCUT2D eigenvalue weighted by Crippen LogP contribution is -2.44. The molecule has 1 aliphatic rings. The smallest absolute Gasteiger partial charge is 0.272 e. The van der Waals surface area contributed by atoms with E-state index in [2.05, 4.69) is 25.7 Å². The highest BCUT2D eigenvalue weighted by Gasteiger charge is 2.15. The number of hydrogen-bond donors (Lipinski definition) is 3. The molecule has 27 heavy (non-hydrogen) atoms. The van der Waals surface area contributed by atoms with Crippen molar-refractivity contribution in [2.75, 3.05) is 36.4 Å². The van der Waals surface area contributed by atoms with Crippen LogP contribution >= 0.6 is 11.6 Å². The number of nitrogens with zero attached hydrogens (tertiary/aromatic N) is 2. The minimum absolute atomic E-state index is 0.237. The molecule has 3 aromatic rings. The maximum Gasteiger partial charge on any atom is 0.272 e. The predicted molar refractivity (Wildman–Crippen MR) is 106 cm³/mol. The van der Waals surface area contributed by atoms with Gasteiger partial charge in [-0.15, -0.1) is 0 Å². The van der Waals surface area contributed by atoms with Crippen LogP contribution in [0.15, 0.2) is 41.2 Å². The van der Waals surface area contributed by atoms with E-state index in [1.165, 1.54) is 6.07 Å². The fourth-order valence-electron chi connectivity index (χ4n) is 3.35. The Labute approximate surface area is 160 Å². The Morgan fingerprint density at radius 1 is 1.15 bits per heavy atom. The molecule has 4 rings (SSSR count). The number of H-pyrrole nitrogens is 1. The molecule has 1 aromatic heterocycles. The van der Waals surface area contributed by atoms with Gasteiger partial charge in [-0.25, -0.2) is 9.49 Å². The second-order valence-corrected chi connectivity index (χ2v) is 6.83. The van der Waals surface area contributed by atoms with Gasteiger partial charge in [-0.05, 0) is 42.0 Å². The summed E-state index contributed by atoms with van der Waals surface area (Å²) < 4.78 is 13.8. The molecule has 1 fully saturated rings. The molecule has 0 spiro atoms. The molecule has 8 heteroatoms. The average Bonchev–Trinajstić information content (AvgIpc) is 2.70. The van der Waals surface area contributed by atoms with Crippen LogP contribution in [0.5, 0.6) is 0 Å². The second-order valence-electron chi connectivity index (χ2n) is 6.47. The van der Waals surface area contributed by atoms with E-state index < -0.39 is 0 Å². The van der Waals surface area contributed by atoms with Crippen LogP contribution in [0.1, 0.15) is 5.56 Å². The van der Waals surface area contributed by atoms with Crippen molar-refractivity contribution in [2.45, 2.75) is 6.54 Å². The quantitative estimate of drug-likeness (QED) is 0.642. The van der Waals surface area contributed by atoms with Crippen LogP contribution in [-0.2, 0) is 6.54 Å². The minimum Gasteiger partial charge on any atom is -0.381 e. The third kappa shape index (κ3) is 3.74. The van der Waals surface area contributed by atoms with Crippen molar-refractivity contribution in [1.82, 2.24) is 15.5 Å². The van der Waals surface area contributed by atoms with Gasteiger partial charge in [-0.2, -0.15) is 5.10 Å². The van der Waals surface area contributed by atoms with E-state index in [-0.39, 0.29) is 16.5 Å². The van der Waals surface area contributed by atoms with Crippen LogP contribution < -0.4 is 21.1 Å². The zero-order chi connectivity index (χ0) is 18.8. The lowest BCUT2D eigenvalue weighted by molar-refractivity contribution is 0.585. The molecule has 0 bridgehead atoms. The topological polar surface area (TPSA) is 73.0 Å². The molecule has 0 amide bonds. The van der Waals surface area contributed by atoms with E-state index in [4.69, 9.17) is 11.6 Å². The van der Waals surface area contributed by atoms with E-state index in [9.17, 15) is 9.18 Å². The van der Waals surface area contributed by atoms with Crippen molar-refractivity contribution in [3.05, 3.63) is 63.3 Å². The Balaban J connectivity index is 1.60. The number of anilines is 2. The molecule has 0 unspecified atom stereocenters. The molecule has 1 saturated heterocycles. The van der Waals surface area contributed by atoms with E-state index in [1.807, 2.05) is 6.07 Å². The van der Waals surface area contributed by atoms with Crippen LogP contribution in [0.4, 0.5) is 15.8 Å². The molecule has 0 aliphatic carbocycles. The molecule has 0 saturated carbocycles. The van der Waals surface area contributed by atoms with Crippen molar-refractivity contribution in [3.8, 4) is 0 Å². The summed E-state index contributed by atoms with van der Waals surface area (Å²) >= 11 is 6.09. The highest BCUT2D eigenvalue weighted by atomic mass is 35.5. The Bertz CT molecular complexity index is 1030. The first-order chi connectivity index (χ1) is 13.1. The second kappa shape index (κ2) is 7.54. The van der Waals surface area contributed by atoms with E-state index in [1.54, 1.807) is 24.3 Å². The number of rotatable bonds is 4. The third-order valence-electron chi connectivity index (χ3n) is 4.72. The summed E-state index contributed by atoms with van der Waals surface area (Å²) in [7, 11) is 0. The van der Waals surface area contributed by atoms with Crippen LogP contribution in [0.25, 0.3) is 10.8 Å². The number of fused-ring (bicyclic) bond motifs is 1. The van der Waals surface area contributed by atoms with Gasteiger partial charge in [0.25, 0.3) is 5.56 Å². The molecule has 2 heterocycles. The first-order valence-corrected chi connectivity index (χ1v) is 9.15. The van der Waals surface area contributed by atoms with Crippen molar-refractivity contribution in [3.63, 3.8) is 0 Å². The van der Waals surface area contributed by atoms with Gasteiger partial charge < -0.3 is 15.5 Å². The summed E-state index contributed by atoms with van der Waals surface area (Å²) in [6.45, 7) is 4.05. The standard InChI is InChI=1S/C19H19ClFN5O/c20-18-16-10-14(2-3-15(16)19(27)25-24-18)23-11-12-9-13(21)1-4-17(12)26-7-5-22-6-8-26/h1-4,9-10,22-23H,5-8,11H2,(H,25,27). The SMILES string of the molecule is O=c1[nH]nc(Cl)c2cc(NCc3cc(F)ccc3N3CCNCC3)ccc12. The number of nitrogens with one attached hydrogen (secondary N) is 3. The fraction of sp³-hybridized carbons (Fsp3) is 0.263. The summed E-state index contributed by atoms with van der Waals surface area (Å²) in [5.74, 6) is -0.261. The van der Waals surface area contributed by atoms with E-state index in [0.717, 1.165) is 43.1 Å². The van der Waals surface area contributed by atoms with Crippen LogP contribution in [0.2, 0.25) is 5.15 Å². The zero-order valence-electron chi connectivity index (χ0n) is 14.6. The van der Waals surface area contributed by atoms with Gasteiger partial charge >= 0.3 is 0 Å². The maximum atomic E-state index is 13.8. The summed E-state index contributed by atoms with van der Waals surface area (Å²) in [5, 5.41) is 14.1. The third-order valence-corrected chi connectivity index (χ3v) is 5.01. The summed E-state index contributed by atoms with van der Waals surface area (Å²) in [5.41, 5.74) is 2.41. The molecule has 0 atom stereocenters. The molecular weight excluding hydrogens is 369 g/mol. The van der Waals surface area contributed by atoms with E-state index in [0.29, 0.717) is 17.3 Å². The Morgan fingerprint density at radius 3 is 2.78 bits per heavy atom. The van der Waals surface area contributed by atoms with Gasteiger partial charge in [-0.3, -0.25) is 4.79 Å². The molecule has 1 aliphatic heterocycles. The van der Waals surface area contributed by atoms with Crippen molar-refractivity contribution in [2.24, 2.45) is 0 Å². The minimum atomic E-state index is -0.285. The first-order valence-electron chi connectivity index (χ1n) is 8.78. The molecule has 3 N–H and O–H groups in total.